The van der Waals surface area contributed by atoms with Crippen LogP contribution in [0.3, 0.4) is 0 Å². The van der Waals surface area contributed by atoms with Crippen LogP contribution in [0.2, 0.25) is 0 Å². The Bertz CT molecular complexity index is 308. The van der Waals surface area contributed by atoms with Gasteiger partial charge in [-0.05, 0) is 12.8 Å². The highest BCUT2D eigenvalue weighted by Gasteiger charge is 2.29. The van der Waals surface area contributed by atoms with Gasteiger partial charge >= 0.3 is 0 Å². The van der Waals surface area contributed by atoms with Gasteiger partial charge in [-0.2, -0.15) is 4.98 Å². The Kier molecular flexibility index (Phi) is 2.54. The minimum atomic E-state index is 0.215. The quantitative estimate of drug-likeness (QED) is 0.781. The molecule has 1 saturated carbocycles. The molecule has 0 radical (unpaired) electrons. The summed E-state index contributed by atoms with van der Waals surface area (Å²) in [5, 5.41) is 4.00. The van der Waals surface area contributed by atoms with Crippen molar-refractivity contribution in [3.8, 4) is 0 Å². The molecule has 0 spiro atoms. The third-order valence-electron chi connectivity index (χ3n) is 2.85. The summed E-state index contributed by atoms with van der Waals surface area (Å²) in [6.07, 6.45) is 3.35. The monoisotopic (exact) mass is 195 g/mol. The Balaban J connectivity index is 2.16. The van der Waals surface area contributed by atoms with Crippen molar-refractivity contribution >= 4 is 0 Å². The summed E-state index contributed by atoms with van der Waals surface area (Å²) in [6, 6.07) is 0.215. The van der Waals surface area contributed by atoms with E-state index in [1.807, 2.05) is 13.8 Å². The summed E-state index contributed by atoms with van der Waals surface area (Å²) in [5.41, 5.74) is 5.97. The van der Waals surface area contributed by atoms with Crippen LogP contribution < -0.4 is 5.73 Å². The highest BCUT2D eigenvalue weighted by molar-refractivity contribution is 5.04. The van der Waals surface area contributed by atoms with E-state index < -0.39 is 0 Å². The van der Waals surface area contributed by atoms with E-state index in [4.69, 9.17) is 10.3 Å². The molecule has 0 aliphatic heterocycles. The standard InChI is InChI=1S/C10H17N3O/c1-6(2)10-12-9(13-14-10)7-4-3-5-8(7)11/h6-8H,3-5,11H2,1-2H3/t7-,8+/m0/s1. The first kappa shape index (κ1) is 9.65. The van der Waals surface area contributed by atoms with Crippen molar-refractivity contribution in [3.05, 3.63) is 11.7 Å². The maximum absolute atomic E-state index is 5.97. The highest BCUT2D eigenvalue weighted by Crippen LogP contribution is 2.32. The summed E-state index contributed by atoms with van der Waals surface area (Å²) in [7, 11) is 0. The SMILES string of the molecule is CC(C)c1nc([C@H]2CCC[C@H]2N)no1. The zero-order valence-corrected chi connectivity index (χ0v) is 8.73. The lowest BCUT2D eigenvalue weighted by Gasteiger charge is -2.09. The zero-order chi connectivity index (χ0) is 10.1. The van der Waals surface area contributed by atoms with Crippen molar-refractivity contribution in [2.75, 3.05) is 0 Å². The Morgan fingerprint density at radius 1 is 1.43 bits per heavy atom. The summed E-state index contributed by atoms with van der Waals surface area (Å²) in [5.74, 6) is 2.14. The average molecular weight is 195 g/mol. The fourth-order valence-corrected chi connectivity index (χ4v) is 1.94. The summed E-state index contributed by atoms with van der Waals surface area (Å²) >= 11 is 0. The largest absolute Gasteiger partial charge is 0.339 e. The Morgan fingerprint density at radius 3 is 2.71 bits per heavy atom. The van der Waals surface area contributed by atoms with Gasteiger partial charge in [0.1, 0.15) is 0 Å². The average Bonchev–Trinajstić information content (AvgIpc) is 2.71. The maximum Gasteiger partial charge on any atom is 0.229 e. The molecular formula is C10H17N3O. The molecule has 2 atom stereocenters. The van der Waals surface area contributed by atoms with Crippen LogP contribution in [-0.2, 0) is 0 Å². The van der Waals surface area contributed by atoms with Crippen molar-refractivity contribution in [2.24, 2.45) is 5.73 Å². The van der Waals surface area contributed by atoms with Gasteiger partial charge in [0.25, 0.3) is 0 Å². The second-order valence-electron chi connectivity index (χ2n) is 4.35. The molecule has 1 aliphatic rings. The van der Waals surface area contributed by atoms with E-state index in [1.54, 1.807) is 0 Å². The van der Waals surface area contributed by atoms with E-state index in [0.717, 1.165) is 24.6 Å². The number of aromatic nitrogens is 2. The van der Waals surface area contributed by atoms with Gasteiger partial charge in [-0.15, -0.1) is 0 Å². The van der Waals surface area contributed by atoms with Gasteiger partial charge in [0.2, 0.25) is 5.89 Å². The molecule has 78 valence electrons. The van der Waals surface area contributed by atoms with Crippen molar-refractivity contribution in [1.82, 2.24) is 10.1 Å². The lowest BCUT2D eigenvalue weighted by molar-refractivity contribution is 0.356. The van der Waals surface area contributed by atoms with Gasteiger partial charge in [-0.1, -0.05) is 25.4 Å². The molecule has 0 saturated heterocycles. The third-order valence-corrected chi connectivity index (χ3v) is 2.85. The molecule has 4 heteroatoms. The fraction of sp³-hybridized carbons (Fsp3) is 0.800. The van der Waals surface area contributed by atoms with Crippen LogP contribution in [0, 0.1) is 0 Å². The minimum Gasteiger partial charge on any atom is -0.339 e. The van der Waals surface area contributed by atoms with Crippen molar-refractivity contribution in [1.29, 1.82) is 0 Å². The molecule has 2 N–H and O–H groups in total. The van der Waals surface area contributed by atoms with Crippen LogP contribution in [0.5, 0.6) is 0 Å². The molecule has 0 amide bonds. The van der Waals surface area contributed by atoms with Crippen LogP contribution in [0.4, 0.5) is 0 Å². The van der Waals surface area contributed by atoms with E-state index in [1.165, 1.54) is 6.42 Å². The summed E-state index contributed by atoms with van der Waals surface area (Å²) in [6.45, 7) is 4.09. The fourth-order valence-electron chi connectivity index (χ4n) is 1.94. The van der Waals surface area contributed by atoms with E-state index in [-0.39, 0.29) is 6.04 Å². The van der Waals surface area contributed by atoms with Crippen LogP contribution in [0.15, 0.2) is 4.52 Å². The summed E-state index contributed by atoms with van der Waals surface area (Å²) in [4.78, 5) is 4.38. The molecule has 0 aromatic carbocycles. The first-order valence-electron chi connectivity index (χ1n) is 5.27. The number of hydrogen-bond acceptors (Lipinski definition) is 4. The van der Waals surface area contributed by atoms with Crippen LogP contribution in [0.25, 0.3) is 0 Å². The molecule has 4 nitrogen and oxygen atoms in total. The summed E-state index contributed by atoms with van der Waals surface area (Å²) < 4.78 is 5.17. The number of nitrogens with two attached hydrogens (primary N) is 1. The molecule has 1 aromatic heterocycles. The van der Waals surface area contributed by atoms with E-state index in [9.17, 15) is 0 Å². The second-order valence-corrected chi connectivity index (χ2v) is 4.35. The van der Waals surface area contributed by atoms with Gasteiger partial charge < -0.3 is 10.3 Å². The van der Waals surface area contributed by atoms with Gasteiger partial charge in [-0.25, -0.2) is 0 Å². The Morgan fingerprint density at radius 2 is 2.21 bits per heavy atom. The van der Waals surface area contributed by atoms with Crippen molar-refractivity contribution in [3.63, 3.8) is 0 Å². The normalized spacial score (nSPS) is 27.4. The lowest BCUT2D eigenvalue weighted by atomic mass is 10.0. The van der Waals surface area contributed by atoms with E-state index >= 15 is 0 Å². The van der Waals surface area contributed by atoms with E-state index in [0.29, 0.717) is 11.8 Å². The van der Waals surface area contributed by atoms with E-state index in [2.05, 4.69) is 10.1 Å². The smallest absolute Gasteiger partial charge is 0.229 e. The number of rotatable bonds is 2. The minimum absolute atomic E-state index is 0.215. The van der Waals surface area contributed by atoms with Gasteiger partial charge in [0.15, 0.2) is 5.82 Å². The number of hydrogen-bond donors (Lipinski definition) is 1. The predicted octanol–water partition coefficient (Wildman–Crippen LogP) is 1.79. The molecule has 2 rings (SSSR count). The van der Waals surface area contributed by atoms with Crippen molar-refractivity contribution < 1.29 is 4.52 Å². The molecular weight excluding hydrogens is 178 g/mol. The van der Waals surface area contributed by atoms with Crippen LogP contribution >= 0.6 is 0 Å². The maximum atomic E-state index is 5.97. The number of nitrogens with zero attached hydrogens (tertiary/aromatic N) is 2. The van der Waals surface area contributed by atoms with Crippen molar-refractivity contribution in [2.45, 2.75) is 51.0 Å². The molecule has 1 aliphatic carbocycles. The van der Waals surface area contributed by atoms with Gasteiger partial charge in [0.05, 0.1) is 0 Å². The van der Waals surface area contributed by atoms with Gasteiger partial charge in [0, 0.05) is 17.9 Å². The van der Waals surface area contributed by atoms with Crippen LogP contribution in [0.1, 0.15) is 56.7 Å². The first-order chi connectivity index (χ1) is 6.68. The predicted molar refractivity (Wildman–Crippen MR) is 53.0 cm³/mol. The zero-order valence-electron chi connectivity index (χ0n) is 8.73. The molecule has 1 heterocycles. The second kappa shape index (κ2) is 3.69. The Labute approximate surface area is 83.9 Å². The topological polar surface area (TPSA) is 64.9 Å². The van der Waals surface area contributed by atoms with Crippen LogP contribution in [-0.4, -0.2) is 16.2 Å². The van der Waals surface area contributed by atoms with Gasteiger partial charge in [-0.3, -0.25) is 0 Å². The molecule has 14 heavy (non-hydrogen) atoms. The highest BCUT2D eigenvalue weighted by atomic mass is 16.5. The first-order valence-corrected chi connectivity index (χ1v) is 5.27. The third kappa shape index (κ3) is 1.66. The molecule has 1 fully saturated rings. The molecule has 1 aromatic rings. The molecule has 0 bridgehead atoms. The Hall–Kier alpha value is -0.900. The molecule has 0 unspecified atom stereocenters. The lowest BCUT2D eigenvalue weighted by Crippen LogP contribution is -2.23.